The van der Waals surface area contributed by atoms with E-state index < -0.39 is 0 Å². The number of hydrogen-bond donors (Lipinski definition) is 0. The third-order valence-electron chi connectivity index (χ3n) is 6.98. The van der Waals surface area contributed by atoms with Gasteiger partial charge in [-0.25, -0.2) is 0 Å². The second-order valence-corrected chi connectivity index (χ2v) is 9.72. The van der Waals surface area contributed by atoms with Gasteiger partial charge < -0.3 is 28.3 Å². The van der Waals surface area contributed by atoms with Gasteiger partial charge in [0, 0.05) is 24.2 Å². The molecule has 7 nitrogen and oxygen atoms in total. The number of methoxy groups -OCH3 is 2. The summed E-state index contributed by atoms with van der Waals surface area (Å²) in [5.41, 5.74) is 1.83. The third-order valence-corrected chi connectivity index (χ3v) is 6.98. The molecule has 0 N–H and O–H groups in total. The van der Waals surface area contributed by atoms with Crippen molar-refractivity contribution in [2.45, 2.75) is 46.1 Å². The van der Waals surface area contributed by atoms with Gasteiger partial charge in [-0.1, -0.05) is 71.1 Å². The van der Waals surface area contributed by atoms with E-state index in [0.29, 0.717) is 58.7 Å². The average Bonchev–Trinajstić information content (AvgIpc) is 3.00. The first-order chi connectivity index (χ1) is 20.0. The molecule has 220 valence electrons. The molecule has 0 amide bonds. The van der Waals surface area contributed by atoms with E-state index in [1.807, 2.05) is 24.3 Å². The maximum absolute atomic E-state index is 14.3. The van der Waals surface area contributed by atoms with Crippen LogP contribution in [0.25, 0.3) is 22.2 Å². The molecule has 1 atom stereocenters. The number of fused-ring (bicyclic) bond motifs is 1. The predicted molar refractivity (Wildman–Crippen MR) is 167 cm³/mol. The molecule has 3 aromatic rings. The molecule has 0 aliphatic carbocycles. The van der Waals surface area contributed by atoms with Crippen LogP contribution in [0.4, 0.5) is 0 Å². The van der Waals surface area contributed by atoms with Crippen LogP contribution in [0.3, 0.4) is 0 Å². The fourth-order valence-corrected chi connectivity index (χ4v) is 4.87. The Hall–Kier alpha value is -4.13. The largest absolute Gasteiger partial charge is 0.497 e. The van der Waals surface area contributed by atoms with E-state index >= 15 is 0 Å². The van der Waals surface area contributed by atoms with E-state index in [-0.39, 0.29) is 24.4 Å². The highest BCUT2D eigenvalue weighted by molar-refractivity contribution is 5.92. The lowest BCUT2D eigenvalue weighted by molar-refractivity contribution is 0.326. The van der Waals surface area contributed by atoms with Gasteiger partial charge in [0.1, 0.15) is 31.3 Å². The number of unbranched alkanes of at least 4 members (excludes halogenated alkanes) is 1. The third kappa shape index (κ3) is 7.34. The summed E-state index contributed by atoms with van der Waals surface area (Å²) in [6.07, 6.45) is 9.22. The topological polar surface area (TPSA) is 68.2 Å². The maximum Gasteiger partial charge on any atom is 0.235 e. The van der Waals surface area contributed by atoms with Crippen molar-refractivity contribution >= 4 is 10.9 Å². The highest BCUT2D eigenvalue weighted by Crippen LogP contribution is 2.40. The maximum atomic E-state index is 14.3. The molecule has 0 spiro atoms. The summed E-state index contributed by atoms with van der Waals surface area (Å²) in [6, 6.07) is 9.26. The monoisotopic (exact) mass is 561 g/mol. The van der Waals surface area contributed by atoms with Crippen LogP contribution in [0, 0.1) is 5.92 Å². The highest BCUT2D eigenvalue weighted by atomic mass is 16.5. The average molecular weight is 562 g/mol. The molecular weight excluding hydrogens is 518 g/mol. The molecule has 2 aromatic carbocycles. The minimum absolute atomic E-state index is 0.164. The zero-order valence-corrected chi connectivity index (χ0v) is 24.9. The van der Waals surface area contributed by atoms with Crippen molar-refractivity contribution in [2.24, 2.45) is 5.92 Å². The highest BCUT2D eigenvalue weighted by Gasteiger charge is 2.25. The van der Waals surface area contributed by atoms with Crippen LogP contribution in [-0.4, -0.2) is 38.6 Å². The minimum Gasteiger partial charge on any atom is -0.497 e. The van der Waals surface area contributed by atoms with Gasteiger partial charge in [-0.3, -0.25) is 4.79 Å². The fourth-order valence-electron chi connectivity index (χ4n) is 4.87. The number of hydrogen-bond acceptors (Lipinski definition) is 6. The molecule has 0 saturated carbocycles. The molecule has 0 aliphatic rings. The Labute approximate surface area is 243 Å². The Balaban J connectivity index is 2.47. The smallest absolute Gasteiger partial charge is 0.235 e. The Bertz CT molecular complexity index is 1410. The van der Waals surface area contributed by atoms with Crippen LogP contribution in [-0.2, 0) is 6.54 Å². The molecule has 0 radical (unpaired) electrons. The number of ether oxygens (including phenoxy) is 5. The van der Waals surface area contributed by atoms with Crippen LogP contribution in [0.5, 0.6) is 28.7 Å². The van der Waals surface area contributed by atoms with Gasteiger partial charge in [0.05, 0.1) is 30.8 Å². The molecule has 1 heterocycles. The van der Waals surface area contributed by atoms with Crippen molar-refractivity contribution in [1.82, 2.24) is 4.57 Å². The zero-order chi connectivity index (χ0) is 29.8. The molecule has 1 unspecified atom stereocenters. The fraction of sp³-hybridized carbons (Fsp3) is 0.382. The molecule has 0 bridgehead atoms. The van der Waals surface area contributed by atoms with Crippen molar-refractivity contribution in [3.8, 4) is 40.0 Å². The first-order valence-electron chi connectivity index (χ1n) is 14.2. The van der Waals surface area contributed by atoms with Crippen LogP contribution < -0.4 is 29.1 Å². The lowest BCUT2D eigenvalue weighted by Gasteiger charge is -2.26. The summed E-state index contributed by atoms with van der Waals surface area (Å²) in [4.78, 5) is 14.3. The molecule has 41 heavy (non-hydrogen) atoms. The summed E-state index contributed by atoms with van der Waals surface area (Å²) in [7, 11) is 3.20. The molecule has 7 heteroatoms. The second-order valence-electron chi connectivity index (χ2n) is 9.72. The summed E-state index contributed by atoms with van der Waals surface area (Å²) < 4.78 is 31.5. The summed E-state index contributed by atoms with van der Waals surface area (Å²) in [5.74, 6) is 2.71. The van der Waals surface area contributed by atoms with Gasteiger partial charge in [0.25, 0.3) is 0 Å². The molecule has 1 aromatic heterocycles. The lowest BCUT2D eigenvalue weighted by atomic mass is 9.97. The molecule has 0 saturated heterocycles. The second kappa shape index (κ2) is 15.6. The first-order valence-corrected chi connectivity index (χ1v) is 14.2. The first kappa shape index (κ1) is 31.4. The van der Waals surface area contributed by atoms with E-state index in [4.69, 9.17) is 23.7 Å². The van der Waals surface area contributed by atoms with Crippen LogP contribution in [0.15, 0.2) is 73.1 Å². The summed E-state index contributed by atoms with van der Waals surface area (Å²) in [6.45, 7) is 17.1. The Morgan fingerprint density at radius 3 is 2.15 bits per heavy atom. The van der Waals surface area contributed by atoms with Crippen molar-refractivity contribution in [1.29, 1.82) is 0 Å². The summed E-state index contributed by atoms with van der Waals surface area (Å²) >= 11 is 0. The Morgan fingerprint density at radius 1 is 0.854 bits per heavy atom. The van der Waals surface area contributed by atoms with E-state index in [1.165, 1.54) is 0 Å². The van der Waals surface area contributed by atoms with E-state index in [0.717, 1.165) is 31.2 Å². The predicted octanol–water partition coefficient (Wildman–Crippen LogP) is 7.60. The van der Waals surface area contributed by atoms with Gasteiger partial charge in [0.15, 0.2) is 17.2 Å². The standard InChI is InChI=1S/C34H43NO6/c1-8-13-14-24(12-5)23-35-27-21-26(37-6)22-30(40-18-10-3)31(27)33(36)34(41-19-11-4)32(35)25-15-16-28(39-17-9-2)29(20-25)38-7/h9-11,15-16,20-22,24H,2-4,8,12-14,17-19,23H2,1,5-7H3. The van der Waals surface area contributed by atoms with E-state index in [1.54, 1.807) is 38.5 Å². The Morgan fingerprint density at radius 2 is 1.54 bits per heavy atom. The minimum atomic E-state index is -0.276. The van der Waals surface area contributed by atoms with Crippen LogP contribution >= 0.6 is 0 Å². The molecule has 0 aliphatic heterocycles. The normalized spacial score (nSPS) is 11.5. The number of rotatable bonds is 18. The van der Waals surface area contributed by atoms with Crippen LogP contribution in [0.2, 0.25) is 0 Å². The van der Waals surface area contributed by atoms with Gasteiger partial charge in [0.2, 0.25) is 5.43 Å². The molecule has 0 fully saturated rings. The van der Waals surface area contributed by atoms with Crippen LogP contribution in [0.1, 0.15) is 39.5 Å². The number of nitrogens with zero attached hydrogens (tertiary/aromatic N) is 1. The van der Waals surface area contributed by atoms with Crippen molar-refractivity contribution < 1.29 is 23.7 Å². The van der Waals surface area contributed by atoms with Crippen molar-refractivity contribution in [2.75, 3.05) is 34.0 Å². The summed E-state index contributed by atoms with van der Waals surface area (Å²) in [5, 5.41) is 0.429. The quantitative estimate of drug-likeness (QED) is 0.149. The number of aromatic nitrogens is 1. The molecule has 3 rings (SSSR count). The lowest BCUT2D eigenvalue weighted by Crippen LogP contribution is -2.21. The van der Waals surface area contributed by atoms with E-state index in [9.17, 15) is 4.79 Å². The van der Waals surface area contributed by atoms with Gasteiger partial charge >= 0.3 is 0 Å². The van der Waals surface area contributed by atoms with Crippen molar-refractivity contribution in [3.05, 3.63) is 78.5 Å². The van der Waals surface area contributed by atoms with Gasteiger partial charge in [-0.15, -0.1) is 0 Å². The SMILES string of the molecule is C=CCOc1ccc(-c2c(OCC=C)c(=O)c3c(OCC=C)cc(OC)cc3n2CC(CC)CCCC)cc1OC. The number of benzene rings is 2. The van der Waals surface area contributed by atoms with Gasteiger partial charge in [-0.2, -0.15) is 0 Å². The van der Waals surface area contributed by atoms with Crippen molar-refractivity contribution in [3.63, 3.8) is 0 Å². The molecular formula is C34H43NO6. The Kier molecular flexibility index (Phi) is 11.9. The van der Waals surface area contributed by atoms with Gasteiger partial charge in [-0.05, 0) is 30.5 Å². The number of pyridine rings is 1. The zero-order valence-electron chi connectivity index (χ0n) is 24.9. The van der Waals surface area contributed by atoms with E-state index in [2.05, 4.69) is 38.2 Å².